The average Bonchev–Trinajstić information content (AvgIpc) is 3.15. The second-order valence-corrected chi connectivity index (χ2v) is 6.62. The molecule has 3 aromatic rings. The van der Waals surface area contributed by atoms with Crippen molar-refractivity contribution >= 4 is 17.7 Å². The van der Waals surface area contributed by atoms with Gasteiger partial charge in [0.2, 0.25) is 0 Å². The van der Waals surface area contributed by atoms with Crippen LogP contribution in [0.2, 0.25) is 0 Å². The van der Waals surface area contributed by atoms with Crippen molar-refractivity contribution in [3.05, 3.63) is 47.3 Å². The molecule has 2 N–H and O–H groups in total. The quantitative estimate of drug-likeness (QED) is 0.544. The summed E-state index contributed by atoms with van der Waals surface area (Å²) in [7, 11) is 0. The third-order valence-electron chi connectivity index (χ3n) is 4.44. The van der Waals surface area contributed by atoms with Crippen molar-refractivity contribution in [2.75, 3.05) is 5.32 Å². The summed E-state index contributed by atoms with van der Waals surface area (Å²) in [5.41, 5.74) is 1.64. The Hall–Kier alpha value is -3.55. The Morgan fingerprint density at radius 2 is 2.17 bits per heavy atom. The van der Waals surface area contributed by atoms with E-state index in [4.69, 9.17) is 5.41 Å². The number of aromatic nitrogens is 5. The van der Waals surface area contributed by atoms with E-state index >= 15 is 0 Å². The Bertz CT molecular complexity index is 1080. The van der Waals surface area contributed by atoms with Gasteiger partial charge in [-0.1, -0.05) is 13.3 Å². The number of alkyl halides is 3. The number of hydrogen-bond donors (Lipinski definition) is 2. The van der Waals surface area contributed by atoms with Crippen molar-refractivity contribution in [3.63, 3.8) is 0 Å². The number of rotatable bonds is 8. The minimum absolute atomic E-state index is 0.123. The summed E-state index contributed by atoms with van der Waals surface area (Å²) in [6, 6.07) is 4.99. The summed E-state index contributed by atoms with van der Waals surface area (Å²) >= 11 is 0. The zero-order chi connectivity index (χ0) is 21.7. The van der Waals surface area contributed by atoms with Gasteiger partial charge < -0.3 is 10.7 Å². The van der Waals surface area contributed by atoms with Crippen LogP contribution in [0.5, 0.6) is 0 Å². The second-order valence-electron chi connectivity index (χ2n) is 6.62. The Morgan fingerprint density at radius 1 is 1.37 bits per heavy atom. The maximum absolute atomic E-state index is 13.0. The van der Waals surface area contributed by atoms with Gasteiger partial charge in [-0.15, -0.1) is 5.10 Å². The Morgan fingerprint density at radius 3 is 2.83 bits per heavy atom. The number of nitrogens with one attached hydrogen (secondary N) is 2. The third kappa shape index (κ3) is 4.53. The van der Waals surface area contributed by atoms with Crippen LogP contribution in [0, 0.1) is 16.7 Å². The molecule has 8 nitrogen and oxygen atoms in total. The van der Waals surface area contributed by atoms with Gasteiger partial charge in [-0.2, -0.15) is 18.4 Å². The van der Waals surface area contributed by atoms with Crippen molar-refractivity contribution in [1.82, 2.24) is 24.6 Å². The average molecular weight is 416 g/mol. The molecule has 11 heteroatoms. The molecule has 3 aromatic heterocycles. The van der Waals surface area contributed by atoms with Crippen LogP contribution >= 0.6 is 0 Å². The highest BCUT2D eigenvalue weighted by molar-refractivity contribution is 5.58. The summed E-state index contributed by atoms with van der Waals surface area (Å²) in [6.45, 7) is 1.91. The van der Waals surface area contributed by atoms with Gasteiger partial charge in [0.25, 0.3) is 5.82 Å². The Balaban J connectivity index is 1.97. The Labute approximate surface area is 170 Å². The fourth-order valence-electron chi connectivity index (χ4n) is 3.12. The predicted molar refractivity (Wildman–Crippen MR) is 103 cm³/mol. The van der Waals surface area contributed by atoms with E-state index in [1.54, 1.807) is 18.3 Å². The highest BCUT2D eigenvalue weighted by atomic mass is 19.4. The lowest BCUT2D eigenvalue weighted by molar-refractivity contribution is -0.144. The zero-order valence-electron chi connectivity index (χ0n) is 16.1. The van der Waals surface area contributed by atoms with Crippen molar-refractivity contribution < 1.29 is 13.2 Å². The van der Waals surface area contributed by atoms with Gasteiger partial charge in [0.15, 0.2) is 5.65 Å². The van der Waals surface area contributed by atoms with E-state index in [-0.39, 0.29) is 11.7 Å². The molecule has 0 spiro atoms. The van der Waals surface area contributed by atoms with Crippen molar-refractivity contribution in [2.45, 2.75) is 44.8 Å². The van der Waals surface area contributed by atoms with Crippen LogP contribution in [0.15, 0.2) is 24.7 Å². The van der Waals surface area contributed by atoms with Crippen LogP contribution < -0.4 is 5.32 Å². The van der Waals surface area contributed by atoms with Crippen LogP contribution in [0.25, 0.3) is 5.65 Å². The summed E-state index contributed by atoms with van der Waals surface area (Å²) in [6.07, 6.45) is 1.14. The van der Waals surface area contributed by atoms with Gasteiger partial charge in [-0.3, -0.25) is 0 Å². The first-order chi connectivity index (χ1) is 14.4. The first-order valence-corrected chi connectivity index (χ1v) is 9.28. The van der Waals surface area contributed by atoms with Crippen LogP contribution in [0.3, 0.4) is 0 Å². The van der Waals surface area contributed by atoms with Crippen LogP contribution in [0.1, 0.15) is 42.4 Å². The van der Waals surface area contributed by atoms with E-state index < -0.39 is 12.0 Å². The highest BCUT2D eigenvalue weighted by Crippen LogP contribution is 2.28. The lowest BCUT2D eigenvalue weighted by Gasteiger charge is -2.19. The number of aryl methyl sites for hydroxylation is 1. The number of pyridine rings is 1. The Kier molecular flexibility index (Phi) is 6.25. The molecule has 0 bridgehead atoms. The minimum Gasteiger partial charge on any atom is -0.365 e. The topological polar surface area (TPSA) is 116 Å². The lowest BCUT2D eigenvalue weighted by atomic mass is 10.0. The third-order valence-corrected chi connectivity index (χ3v) is 4.44. The van der Waals surface area contributed by atoms with E-state index in [1.807, 2.05) is 6.92 Å². The molecule has 30 heavy (non-hydrogen) atoms. The van der Waals surface area contributed by atoms with Gasteiger partial charge in [0.05, 0.1) is 11.3 Å². The van der Waals surface area contributed by atoms with Crippen LogP contribution in [0.4, 0.5) is 19.0 Å². The van der Waals surface area contributed by atoms with E-state index in [1.165, 1.54) is 12.5 Å². The predicted octanol–water partition coefficient (Wildman–Crippen LogP) is 3.43. The molecule has 0 radical (unpaired) electrons. The molecule has 0 aliphatic heterocycles. The second kappa shape index (κ2) is 8.86. The lowest BCUT2D eigenvalue weighted by Crippen LogP contribution is -2.25. The smallest absolute Gasteiger partial charge is 0.365 e. The van der Waals surface area contributed by atoms with Gasteiger partial charge in [-0.25, -0.2) is 19.5 Å². The molecule has 3 heterocycles. The molecular weight excluding hydrogens is 397 g/mol. The summed E-state index contributed by atoms with van der Waals surface area (Å²) in [5.74, 6) is -0.827. The fourth-order valence-corrected chi connectivity index (χ4v) is 3.12. The molecule has 3 rings (SSSR count). The first-order valence-electron chi connectivity index (χ1n) is 9.28. The van der Waals surface area contributed by atoms with Crippen LogP contribution in [-0.2, 0) is 19.0 Å². The van der Waals surface area contributed by atoms with Gasteiger partial charge in [0.1, 0.15) is 18.2 Å². The van der Waals surface area contributed by atoms with Crippen molar-refractivity contribution in [3.8, 4) is 6.07 Å². The summed E-state index contributed by atoms with van der Waals surface area (Å²) in [5, 5.41) is 23.4. The number of hydrogen-bond acceptors (Lipinski definition) is 7. The molecule has 156 valence electrons. The van der Waals surface area contributed by atoms with Crippen LogP contribution in [-0.4, -0.2) is 36.8 Å². The van der Waals surface area contributed by atoms with E-state index in [9.17, 15) is 18.4 Å². The minimum atomic E-state index is -4.65. The molecular formula is C19H19F3N8. The number of nitriles is 1. The maximum atomic E-state index is 13.0. The summed E-state index contributed by atoms with van der Waals surface area (Å²) < 4.78 is 40.2. The van der Waals surface area contributed by atoms with E-state index in [2.05, 4.69) is 31.4 Å². The molecule has 0 fully saturated rings. The normalized spacial score (nSPS) is 12.5. The number of halogens is 3. The van der Waals surface area contributed by atoms with E-state index in [0.29, 0.717) is 48.3 Å². The molecule has 1 unspecified atom stereocenters. The molecule has 0 saturated heterocycles. The molecule has 1 atom stereocenters. The summed E-state index contributed by atoms with van der Waals surface area (Å²) in [4.78, 5) is 12.2. The monoisotopic (exact) mass is 416 g/mol. The number of anilines is 1. The number of fused-ring (bicyclic) bond motifs is 1. The number of nitrogens with zero attached hydrogens (tertiary/aromatic N) is 6. The SMILES string of the molecule is CCCc1c(CC(CC=N)Nc2ncccc2C#N)ncn2nc(C(F)(F)F)nc12. The molecule has 0 amide bonds. The van der Waals surface area contributed by atoms with Gasteiger partial charge in [0, 0.05) is 30.6 Å². The molecule has 0 aromatic carbocycles. The standard InChI is InChI=1S/C19H19F3N8/c1-2-4-14-15(26-11-30-17(14)28-18(29-30)19(20,21)22)9-13(6-7-23)27-16-12(10-24)5-3-8-25-16/h3,5,7-8,11,13,23H,2,4,6,9H2,1H3,(H,25,27). The van der Waals surface area contributed by atoms with Crippen molar-refractivity contribution in [2.24, 2.45) is 0 Å². The maximum Gasteiger partial charge on any atom is 0.453 e. The molecule has 0 aliphatic rings. The van der Waals surface area contributed by atoms with E-state index in [0.717, 1.165) is 4.52 Å². The largest absolute Gasteiger partial charge is 0.453 e. The zero-order valence-corrected chi connectivity index (χ0v) is 16.1. The van der Waals surface area contributed by atoms with Gasteiger partial charge >= 0.3 is 6.18 Å². The molecule has 0 saturated carbocycles. The van der Waals surface area contributed by atoms with Gasteiger partial charge in [-0.05, 0) is 24.8 Å². The fraction of sp³-hybridized carbons (Fsp3) is 0.368. The first kappa shape index (κ1) is 21.2. The van der Waals surface area contributed by atoms with Crippen molar-refractivity contribution in [1.29, 1.82) is 10.7 Å². The molecule has 0 aliphatic carbocycles. The highest BCUT2D eigenvalue weighted by Gasteiger charge is 2.36.